The lowest BCUT2D eigenvalue weighted by Crippen LogP contribution is -2.29. The zero-order valence-electron chi connectivity index (χ0n) is 39.1. The first-order chi connectivity index (χ1) is 30.1. The first-order valence-electron chi connectivity index (χ1n) is 25.2. The van der Waals surface area contributed by atoms with Gasteiger partial charge in [0, 0.05) is 12.8 Å². The number of benzene rings is 2. The average molecular weight is 869 g/mol. The molecule has 2 aromatic carbocycles. The maximum absolute atomic E-state index is 13.1. The van der Waals surface area contributed by atoms with Crippen LogP contribution in [0.4, 0.5) is 0 Å². The van der Waals surface area contributed by atoms with Crippen molar-refractivity contribution < 1.29 is 32.6 Å². The van der Waals surface area contributed by atoms with Crippen LogP contribution in [-0.4, -0.2) is 31.3 Å². The van der Waals surface area contributed by atoms with E-state index in [4.69, 9.17) is 23.0 Å². The summed E-state index contributed by atoms with van der Waals surface area (Å²) in [5, 5.41) is 0. The first kappa shape index (κ1) is 54.8. The van der Waals surface area contributed by atoms with Crippen molar-refractivity contribution in [2.75, 3.05) is 13.2 Å². The van der Waals surface area contributed by atoms with Crippen LogP contribution in [0.2, 0.25) is 0 Å². The maximum Gasteiger partial charge on any atom is 0.333 e. The molecule has 0 aliphatic heterocycles. The van der Waals surface area contributed by atoms with Gasteiger partial charge >= 0.3 is 20.5 Å². The number of rotatable bonds is 44. The molecule has 1 atom stereocenters. The Morgan fingerprint density at radius 3 is 1.10 bits per heavy atom. The molecule has 0 bridgehead atoms. The molecule has 0 fully saturated rings. The Morgan fingerprint density at radius 2 is 0.738 bits per heavy atom. The maximum atomic E-state index is 13.1. The molecule has 0 unspecified atom stereocenters. The van der Waals surface area contributed by atoms with Gasteiger partial charge in [-0.2, -0.15) is 0 Å². The number of esters is 2. The summed E-state index contributed by atoms with van der Waals surface area (Å²) < 4.78 is 29.9. The van der Waals surface area contributed by atoms with Crippen molar-refractivity contribution >= 4 is 20.5 Å². The molecule has 8 heteroatoms. The minimum atomic E-state index is -1.78. The van der Waals surface area contributed by atoms with E-state index >= 15 is 0 Å². The molecular formula is C53H89O7P. The zero-order chi connectivity index (χ0) is 43.5. The summed E-state index contributed by atoms with van der Waals surface area (Å²) in [4.78, 5) is 25.9. The van der Waals surface area contributed by atoms with Crippen molar-refractivity contribution in [3.05, 3.63) is 71.8 Å². The SMILES string of the molecule is CCCCCCCCCCCCCCCCCC(=O)OC[C@@H](COP(OCc1ccccc1)OCc1ccccc1)OC(=O)CCCCCCCCCCCCCCCCC. The largest absolute Gasteiger partial charge is 0.462 e. The third-order valence-electron chi connectivity index (χ3n) is 11.4. The Bertz CT molecular complexity index is 1200. The minimum absolute atomic E-state index is 0.00607. The first-order valence-corrected chi connectivity index (χ1v) is 26.3. The normalized spacial score (nSPS) is 11.9. The second kappa shape index (κ2) is 41.7. The van der Waals surface area contributed by atoms with Crippen molar-refractivity contribution in [2.45, 2.75) is 239 Å². The van der Waals surface area contributed by atoms with E-state index in [2.05, 4.69) is 13.8 Å². The minimum Gasteiger partial charge on any atom is -0.462 e. The van der Waals surface area contributed by atoms with Gasteiger partial charge in [-0.15, -0.1) is 0 Å². The summed E-state index contributed by atoms with van der Waals surface area (Å²) >= 11 is 0. The Morgan fingerprint density at radius 1 is 0.410 bits per heavy atom. The zero-order valence-corrected chi connectivity index (χ0v) is 40.0. The second-order valence-electron chi connectivity index (χ2n) is 17.2. The summed E-state index contributed by atoms with van der Waals surface area (Å²) in [5.74, 6) is -0.553. The fourth-order valence-corrected chi connectivity index (χ4v) is 8.58. The van der Waals surface area contributed by atoms with Crippen LogP contribution in [0, 0.1) is 0 Å². The molecule has 0 aliphatic carbocycles. The van der Waals surface area contributed by atoms with Crippen LogP contribution in [0.5, 0.6) is 0 Å². The Labute approximate surface area is 375 Å². The predicted octanol–water partition coefficient (Wildman–Crippen LogP) is 16.6. The molecule has 0 heterocycles. The van der Waals surface area contributed by atoms with Crippen molar-refractivity contribution in [3.8, 4) is 0 Å². The molecule has 2 rings (SSSR count). The van der Waals surface area contributed by atoms with Crippen molar-refractivity contribution in [3.63, 3.8) is 0 Å². The molecule has 2 aromatic rings. The van der Waals surface area contributed by atoms with Crippen LogP contribution >= 0.6 is 8.60 Å². The molecule has 0 spiro atoms. The lowest BCUT2D eigenvalue weighted by Gasteiger charge is -2.22. The fourth-order valence-electron chi connectivity index (χ4n) is 7.56. The Hall–Kier alpha value is -2.31. The average Bonchev–Trinajstić information content (AvgIpc) is 3.28. The summed E-state index contributed by atoms with van der Waals surface area (Å²) in [6.45, 7) is 5.14. The van der Waals surface area contributed by atoms with E-state index in [9.17, 15) is 9.59 Å². The second-order valence-corrected chi connectivity index (χ2v) is 18.5. The van der Waals surface area contributed by atoms with E-state index < -0.39 is 14.7 Å². The van der Waals surface area contributed by atoms with Gasteiger partial charge in [0.05, 0.1) is 19.8 Å². The molecule has 0 saturated carbocycles. The molecule has 0 saturated heterocycles. The highest BCUT2D eigenvalue weighted by Crippen LogP contribution is 2.42. The predicted molar refractivity (Wildman–Crippen MR) is 255 cm³/mol. The number of carbonyl (C=O) groups is 2. The van der Waals surface area contributed by atoms with Gasteiger partial charge < -0.3 is 23.0 Å². The monoisotopic (exact) mass is 869 g/mol. The van der Waals surface area contributed by atoms with Crippen molar-refractivity contribution in [1.29, 1.82) is 0 Å². The summed E-state index contributed by atoms with van der Waals surface area (Å²) in [7, 11) is -1.78. The van der Waals surface area contributed by atoms with Gasteiger partial charge in [-0.1, -0.05) is 254 Å². The summed E-state index contributed by atoms with van der Waals surface area (Å²) in [6.07, 6.45) is 38.2. The molecule has 61 heavy (non-hydrogen) atoms. The Balaban J connectivity index is 1.72. The van der Waals surface area contributed by atoms with E-state index in [0.29, 0.717) is 26.1 Å². The van der Waals surface area contributed by atoms with Crippen LogP contribution in [0.25, 0.3) is 0 Å². The van der Waals surface area contributed by atoms with Crippen LogP contribution in [0.1, 0.15) is 230 Å². The van der Waals surface area contributed by atoms with E-state index in [1.165, 1.54) is 154 Å². The molecule has 0 N–H and O–H groups in total. The molecule has 0 aromatic heterocycles. The topological polar surface area (TPSA) is 80.3 Å². The molecule has 7 nitrogen and oxygen atoms in total. The van der Waals surface area contributed by atoms with E-state index in [1.54, 1.807) is 0 Å². The van der Waals surface area contributed by atoms with Gasteiger partial charge in [0.15, 0.2) is 6.10 Å². The number of unbranched alkanes of at least 4 members (excludes halogenated alkanes) is 28. The van der Waals surface area contributed by atoms with Crippen molar-refractivity contribution in [1.82, 2.24) is 0 Å². The van der Waals surface area contributed by atoms with Crippen molar-refractivity contribution in [2.24, 2.45) is 0 Å². The highest BCUT2D eigenvalue weighted by Gasteiger charge is 2.22. The number of hydrogen-bond donors (Lipinski definition) is 0. The van der Waals surface area contributed by atoms with Gasteiger partial charge in [0.1, 0.15) is 6.61 Å². The van der Waals surface area contributed by atoms with Gasteiger partial charge in [0.25, 0.3) is 0 Å². The molecule has 0 aliphatic rings. The smallest absolute Gasteiger partial charge is 0.333 e. The number of hydrogen-bond acceptors (Lipinski definition) is 7. The van der Waals surface area contributed by atoms with Crippen LogP contribution in [0.3, 0.4) is 0 Å². The molecule has 0 radical (unpaired) electrons. The third-order valence-corrected chi connectivity index (χ3v) is 12.5. The Kier molecular flexibility index (Phi) is 37.5. The van der Waals surface area contributed by atoms with Gasteiger partial charge in [-0.05, 0) is 24.0 Å². The lowest BCUT2D eigenvalue weighted by atomic mass is 10.0. The number of carbonyl (C=O) groups excluding carboxylic acids is 2. The van der Waals surface area contributed by atoms with E-state index in [-0.39, 0.29) is 25.2 Å². The molecule has 348 valence electrons. The van der Waals surface area contributed by atoms with Gasteiger partial charge in [-0.25, -0.2) is 0 Å². The van der Waals surface area contributed by atoms with E-state index in [1.807, 2.05) is 60.7 Å². The summed E-state index contributed by atoms with van der Waals surface area (Å²) in [6, 6.07) is 19.8. The van der Waals surface area contributed by atoms with Gasteiger partial charge in [-0.3, -0.25) is 9.59 Å². The number of ether oxygens (including phenoxy) is 2. The summed E-state index contributed by atoms with van der Waals surface area (Å²) in [5.41, 5.74) is 2.00. The third kappa shape index (κ3) is 34.8. The fraction of sp³-hybridized carbons (Fsp3) is 0.736. The highest BCUT2D eigenvalue weighted by atomic mass is 31.2. The molecule has 0 amide bonds. The quantitative estimate of drug-likeness (QED) is 0.0373. The van der Waals surface area contributed by atoms with Crippen LogP contribution in [-0.2, 0) is 45.8 Å². The van der Waals surface area contributed by atoms with Crippen LogP contribution < -0.4 is 0 Å². The van der Waals surface area contributed by atoms with E-state index in [0.717, 1.165) is 49.7 Å². The standard InChI is InChI=1S/C53H89O7P/c1-3-5-7-9-11-13-15-17-19-21-23-25-27-29-37-43-52(54)56-47-51(60-53(55)44-38-30-28-26-24-22-20-18-16-14-12-10-8-6-4-2)48-59-61(57-45-49-39-33-31-34-40-49)58-46-50-41-35-32-36-42-50/h31-36,39-42,51H,3-30,37-38,43-48H2,1-2H3/t51-/m0/s1. The highest BCUT2D eigenvalue weighted by molar-refractivity contribution is 7.41. The molecular weight excluding hydrogens is 780 g/mol. The van der Waals surface area contributed by atoms with Gasteiger partial charge in [0.2, 0.25) is 0 Å². The lowest BCUT2D eigenvalue weighted by molar-refractivity contribution is -0.161. The van der Waals surface area contributed by atoms with Crippen LogP contribution in [0.15, 0.2) is 60.7 Å².